The molecule has 2 nitrogen and oxygen atoms in total. The number of halogens is 4. The van der Waals surface area contributed by atoms with Crippen LogP contribution in [0.25, 0.3) is 0 Å². The second-order valence-electron chi connectivity index (χ2n) is 6.13. The minimum absolute atomic E-state index is 0.129. The van der Waals surface area contributed by atoms with Crippen LogP contribution in [0.4, 0.5) is 0 Å². The largest absolute Gasteiger partial charge is 0.477 e. The summed E-state index contributed by atoms with van der Waals surface area (Å²) in [5, 5.41) is 0. The number of Topliss-reactive ketones (excluding diaryl/α,β-unsaturated/α-hetero) is 1. The van der Waals surface area contributed by atoms with Crippen molar-refractivity contribution in [1.29, 1.82) is 0 Å². The molecule has 116 valence electrons. The van der Waals surface area contributed by atoms with E-state index >= 15 is 0 Å². The van der Waals surface area contributed by atoms with Crippen molar-refractivity contribution in [3.63, 3.8) is 0 Å². The molecule has 2 aliphatic heterocycles. The van der Waals surface area contributed by atoms with E-state index in [9.17, 15) is 4.79 Å². The number of hydrogen-bond donors (Lipinski definition) is 0. The van der Waals surface area contributed by atoms with Crippen molar-refractivity contribution in [2.24, 2.45) is 0 Å². The molecule has 2 unspecified atom stereocenters. The fourth-order valence-electron chi connectivity index (χ4n) is 3.66. The van der Waals surface area contributed by atoms with Crippen molar-refractivity contribution < 1.29 is 9.53 Å². The fraction of sp³-hybridized carbons (Fsp3) is 0.438. The van der Waals surface area contributed by atoms with E-state index in [4.69, 9.17) is 4.74 Å². The zero-order valence-corrected chi connectivity index (χ0v) is 17.8. The lowest BCUT2D eigenvalue weighted by Gasteiger charge is -2.49. The number of allylic oxidation sites excluding steroid dienone is 1. The summed E-state index contributed by atoms with van der Waals surface area (Å²) in [6, 6.07) is 4.22. The Kier molecular flexibility index (Phi) is 3.73. The highest BCUT2D eigenvalue weighted by atomic mass is 79.9. The van der Waals surface area contributed by atoms with Gasteiger partial charge in [0.05, 0.1) is 4.83 Å². The third-order valence-electron chi connectivity index (χ3n) is 4.80. The Balaban J connectivity index is 1.98. The third kappa shape index (κ3) is 2.09. The van der Waals surface area contributed by atoms with Gasteiger partial charge in [-0.2, -0.15) is 0 Å². The molecule has 0 radical (unpaired) electrons. The molecule has 0 fully saturated rings. The predicted octanol–water partition coefficient (Wildman–Crippen LogP) is 5.22. The van der Waals surface area contributed by atoms with Crippen LogP contribution in [0.5, 0.6) is 5.75 Å². The molecule has 0 N–H and O–H groups in total. The van der Waals surface area contributed by atoms with E-state index in [-0.39, 0.29) is 10.6 Å². The number of benzene rings is 1. The maximum absolute atomic E-state index is 13.2. The first-order valence-electron chi connectivity index (χ1n) is 7.12. The quantitative estimate of drug-likeness (QED) is 0.411. The molecule has 1 aromatic rings. The number of carbonyl (C=O) groups excluding carboxylic acids is 1. The molecule has 1 aromatic carbocycles. The van der Waals surface area contributed by atoms with Gasteiger partial charge in [0.2, 0.25) is 0 Å². The summed E-state index contributed by atoms with van der Waals surface area (Å²) in [6.45, 7) is 0. The smallest absolute Gasteiger partial charge is 0.198 e. The van der Waals surface area contributed by atoms with Gasteiger partial charge in [0, 0.05) is 15.4 Å². The van der Waals surface area contributed by atoms with Gasteiger partial charge in [-0.25, -0.2) is 0 Å². The first kappa shape index (κ1) is 15.9. The van der Waals surface area contributed by atoms with Gasteiger partial charge in [-0.15, -0.1) is 0 Å². The topological polar surface area (TPSA) is 26.3 Å². The maximum atomic E-state index is 13.2. The highest BCUT2D eigenvalue weighted by Gasteiger charge is 2.60. The summed E-state index contributed by atoms with van der Waals surface area (Å²) < 4.78 is 7.81. The SMILES string of the molecule is O=C1C2(Br)C=C(Br)C(Br)[C@@]13CCc1cc(Br)cc(c1O3)CC2. The summed E-state index contributed by atoms with van der Waals surface area (Å²) in [6.07, 6.45) is 5.05. The Labute approximate surface area is 162 Å². The lowest BCUT2D eigenvalue weighted by Crippen LogP contribution is -2.63. The van der Waals surface area contributed by atoms with Crippen molar-refractivity contribution in [1.82, 2.24) is 0 Å². The van der Waals surface area contributed by atoms with E-state index < -0.39 is 9.93 Å². The molecule has 0 amide bonds. The molecular formula is C16H12Br4O2. The number of ether oxygens (including phenoxy) is 1. The van der Waals surface area contributed by atoms with Crippen LogP contribution in [-0.2, 0) is 17.6 Å². The Morgan fingerprint density at radius 1 is 1.14 bits per heavy atom. The number of carbonyl (C=O) groups is 1. The summed E-state index contributed by atoms with van der Waals surface area (Å²) in [5.41, 5.74) is 1.53. The summed E-state index contributed by atoms with van der Waals surface area (Å²) in [5.74, 6) is 1.04. The van der Waals surface area contributed by atoms with Gasteiger partial charge in [-0.05, 0) is 48.6 Å². The number of ketones is 1. The highest BCUT2D eigenvalue weighted by Crippen LogP contribution is 2.53. The van der Waals surface area contributed by atoms with Crippen LogP contribution in [0.1, 0.15) is 24.0 Å². The van der Waals surface area contributed by atoms with E-state index in [2.05, 4.69) is 75.9 Å². The van der Waals surface area contributed by atoms with E-state index in [0.29, 0.717) is 6.42 Å². The molecule has 22 heavy (non-hydrogen) atoms. The summed E-state index contributed by atoms with van der Waals surface area (Å²) >= 11 is 14.6. The summed E-state index contributed by atoms with van der Waals surface area (Å²) in [7, 11) is 0. The van der Waals surface area contributed by atoms with Crippen LogP contribution in [0.3, 0.4) is 0 Å². The molecule has 3 aliphatic rings. The maximum Gasteiger partial charge on any atom is 0.198 e. The molecular weight excluding hydrogens is 544 g/mol. The fourth-order valence-corrected chi connectivity index (χ4v) is 6.72. The minimum Gasteiger partial charge on any atom is -0.477 e. The van der Waals surface area contributed by atoms with Gasteiger partial charge in [-0.1, -0.05) is 63.7 Å². The number of alkyl halides is 2. The van der Waals surface area contributed by atoms with E-state index in [1.807, 2.05) is 6.08 Å². The van der Waals surface area contributed by atoms with E-state index in [1.165, 1.54) is 11.1 Å². The van der Waals surface area contributed by atoms with Crippen LogP contribution in [-0.4, -0.2) is 20.5 Å². The highest BCUT2D eigenvalue weighted by molar-refractivity contribution is 9.14. The van der Waals surface area contributed by atoms with Crippen LogP contribution in [0.2, 0.25) is 0 Å². The first-order chi connectivity index (χ1) is 10.4. The second-order valence-corrected chi connectivity index (χ2v) is 10.3. The molecule has 0 saturated carbocycles. The summed E-state index contributed by atoms with van der Waals surface area (Å²) in [4.78, 5) is 13.1. The van der Waals surface area contributed by atoms with Crippen LogP contribution in [0.15, 0.2) is 27.2 Å². The molecule has 1 spiro atoms. The Morgan fingerprint density at radius 3 is 2.45 bits per heavy atom. The van der Waals surface area contributed by atoms with Gasteiger partial charge in [0.25, 0.3) is 0 Å². The number of rotatable bonds is 0. The molecule has 0 aromatic heterocycles. The van der Waals surface area contributed by atoms with Crippen molar-refractivity contribution in [2.75, 3.05) is 0 Å². The van der Waals surface area contributed by atoms with Gasteiger partial charge in [0.1, 0.15) is 10.1 Å². The van der Waals surface area contributed by atoms with Crippen LogP contribution in [0, 0.1) is 0 Å². The van der Waals surface area contributed by atoms with E-state index in [1.54, 1.807) is 0 Å². The van der Waals surface area contributed by atoms with Crippen LogP contribution >= 0.6 is 63.7 Å². The zero-order chi connectivity index (χ0) is 15.7. The van der Waals surface area contributed by atoms with Gasteiger partial charge in [0.15, 0.2) is 11.4 Å². The number of aryl methyl sites for hydroxylation is 2. The van der Waals surface area contributed by atoms with Gasteiger partial charge < -0.3 is 4.74 Å². The monoisotopic (exact) mass is 552 g/mol. The number of hydrogen-bond acceptors (Lipinski definition) is 2. The first-order valence-corrected chi connectivity index (χ1v) is 10.4. The Hall–Kier alpha value is 0.350. The average Bonchev–Trinajstić information content (AvgIpc) is 2.48. The van der Waals surface area contributed by atoms with Gasteiger partial charge in [-0.3, -0.25) is 4.79 Å². The minimum atomic E-state index is -0.840. The lowest BCUT2D eigenvalue weighted by atomic mass is 9.72. The van der Waals surface area contributed by atoms with Crippen LogP contribution < -0.4 is 4.74 Å². The number of fused-ring (bicyclic) bond motifs is 1. The zero-order valence-electron chi connectivity index (χ0n) is 11.5. The van der Waals surface area contributed by atoms with Gasteiger partial charge >= 0.3 is 0 Å². The molecule has 1 aliphatic carbocycles. The molecule has 6 heteroatoms. The van der Waals surface area contributed by atoms with Crippen molar-refractivity contribution in [3.05, 3.63) is 38.3 Å². The molecule has 3 atom stereocenters. The predicted molar refractivity (Wildman–Crippen MR) is 101 cm³/mol. The van der Waals surface area contributed by atoms with Crippen molar-refractivity contribution in [3.8, 4) is 5.75 Å². The molecule has 3 bridgehead atoms. The van der Waals surface area contributed by atoms with Crippen molar-refractivity contribution in [2.45, 2.75) is 40.4 Å². The molecule has 2 heterocycles. The Morgan fingerprint density at radius 2 is 1.77 bits per heavy atom. The molecule has 0 saturated heterocycles. The standard InChI is InChI=1S/C16H12Br4O2/c17-10-5-8-1-3-15(20)7-11(18)13(19)16(14(15)21)4-2-9(6-10)12(8)22-16/h5-7,13H,1-4H2/t13?,15?,16-/m0/s1. The van der Waals surface area contributed by atoms with Crippen molar-refractivity contribution >= 4 is 69.5 Å². The lowest BCUT2D eigenvalue weighted by molar-refractivity contribution is -0.137. The third-order valence-corrected chi connectivity index (χ3v) is 8.77. The average molecular weight is 556 g/mol. The van der Waals surface area contributed by atoms with E-state index in [0.717, 1.165) is 34.0 Å². The second kappa shape index (κ2) is 5.17. The normalized spacial score (nSPS) is 36.1. The Bertz CT molecular complexity index is 729. The molecule has 4 rings (SSSR count).